The van der Waals surface area contributed by atoms with Gasteiger partial charge >= 0.3 is 5.69 Å². The zero-order valence-corrected chi connectivity index (χ0v) is 17.9. The second kappa shape index (κ2) is 9.49. The molecule has 1 atom stereocenters. The molecule has 170 valence electrons. The molecule has 4 rings (SSSR count). The number of ether oxygens (including phenoxy) is 2. The summed E-state index contributed by atoms with van der Waals surface area (Å²) in [6, 6.07) is 8.77. The number of aliphatic hydroxyl groups is 1. The van der Waals surface area contributed by atoms with Gasteiger partial charge in [0.15, 0.2) is 0 Å². The predicted molar refractivity (Wildman–Crippen MR) is 115 cm³/mol. The monoisotopic (exact) mass is 441 g/mol. The van der Waals surface area contributed by atoms with Crippen molar-refractivity contribution >= 4 is 0 Å². The molecule has 1 saturated carbocycles. The van der Waals surface area contributed by atoms with Crippen molar-refractivity contribution in [2.75, 3.05) is 13.2 Å². The molecule has 3 aromatic rings. The predicted octanol–water partition coefficient (Wildman–Crippen LogP) is 1.04. The maximum Gasteiger partial charge on any atom is 0.330 e. The van der Waals surface area contributed by atoms with E-state index in [1.54, 1.807) is 17.8 Å². The number of aromatic nitrogens is 5. The summed E-state index contributed by atoms with van der Waals surface area (Å²) in [7, 11) is 0. The Kier molecular flexibility index (Phi) is 6.52. The molecule has 10 nitrogen and oxygen atoms in total. The van der Waals surface area contributed by atoms with Crippen LogP contribution in [0.1, 0.15) is 31.0 Å². The molecule has 0 unspecified atom stereocenters. The lowest BCUT2D eigenvalue weighted by atomic mass is 9.95. The van der Waals surface area contributed by atoms with Gasteiger partial charge in [-0.15, -0.1) is 5.10 Å². The molecule has 0 saturated heterocycles. The van der Waals surface area contributed by atoms with Gasteiger partial charge < -0.3 is 14.6 Å². The second-order valence-electron chi connectivity index (χ2n) is 8.31. The fourth-order valence-corrected chi connectivity index (χ4v) is 3.29. The Balaban J connectivity index is 1.33. The molecule has 0 bridgehead atoms. The summed E-state index contributed by atoms with van der Waals surface area (Å²) in [6.07, 6.45) is 5.94. The summed E-state index contributed by atoms with van der Waals surface area (Å²) >= 11 is 0. The molecule has 2 aromatic heterocycles. The van der Waals surface area contributed by atoms with Crippen molar-refractivity contribution in [1.29, 1.82) is 0 Å². The van der Waals surface area contributed by atoms with Gasteiger partial charge in [-0.25, -0.2) is 9.48 Å². The van der Waals surface area contributed by atoms with Crippen molar-refractivity contribution in [3.8, 4) is 5.75 Å². The van der Waals surface area contributed by atoms with E-state index in [-0.39, 0.29) is 13.3 Å². The van der Waals surface area contributed by atoms with E-state index in [2.05, 4.69) is 15.3 Å². The van der Waals surface area contributed by atoms with Crippen molar-refractivity contribution in [1.82, 2.24) is 24.5 Å². The minimum absolute atomic E-state index is 0.0164. The van der Waals surface area contributed by atoms with Crippen LogP contribution in [-0.4, -0.2) is 42.9 Å². The van der Waals surface area contributed by atoms with Gasteiger partial charge in [0.2, 0.25) is 0 Å². The summed E-state index contributed by atoms with van der Waals surface area (Å²) in [4.78, 5) is 25.0. The quantitative estimate of drug-likeness (QED) is 0.426. The van der Waals surface area contributed by atoms with Crippen LogP contribution in [0.4, 0.5) is 0 Å². The van der Waals surface area contributed by atoms with Crippen LogP contribution in [0, 0.1) is 5.92 Å². The highest BCUT2D eigenvalue weighted by Crippen LogP contribution is 2.31. The van der Waals surface area contributed by atoms with E-state index in [1.165, 1.54) is 29.7 Å². The van der Waals surface area contributed by atoms with E-state index in [1.807, 2.05) is 24.3 Å². The van der Waals surface area contributed by atoms with Crippen molar-refractivity contribution in [2.45, 2.75) is 45.1 Å². The molecule has 1 aliphatic rings. The van der Waals surface area contributed by atoms with Crippen molar-refractivity contribution in [3.63, 3.8) is 0 Å². The highest BCUT2D eigenvalue weighted by Gasteiger charge is 2.27. The lowest BCUT2D eigenvalue weighted by Crippen LogP contribution is -2.30. The highest BCUT2D eigenvalue weighted by molar-refractivity contribution is 5.32. The summed E-state index contributed by atoms with van der Waals surface area (Å²) in [5, 5.41) is 19.2. The molecule has 0 spiro atoms. The van der Waals surface area contributed by atoms with E-state index in [9.17, 15) is 14.7 Å². The number of aromatic amines is 1. The Morgan fingerprint density at radius 2 is 2.12 bits per heavy atom. The van der Waals surface area contributed by atoms with Crippen molar-refractivity contribution in [2.24, 2.45) is 5.92 Å². The minimum Gasteiger partial charge on any atom is -0.493 e. The normalized spacial score (nSPS) is 15.4. The number of nitrogens with one attached hydrogen (secondary N) is 1. The third-order valence-corrected chi connectivity index (χ3v) is 5.42. The van der Waals surface area contributed by atoms with Gasteiger partial charge in [0.1, 0.15) is 18.1 Å². The maximum absolute atomic E-state index is 11.7. The summed E-state index contributed by atoms with van der Waals surface area (Å²) in [5.41, 5.74) is -0.621. The fourth-order valence-electron chi connectivity index (χ4n) is 3.29. The van der Waals surface area contributed by atoms with Crippen LogP contribution in [0.3, 0.4) is 0 Å². The van der Waals surface area contributed by atoms with Gasteiger partial charge in [-0.05, 0) is 43.4 Å². The summed E-state index contributed by atoms with van der Waals surface area (Å²) in [6.45, 7) is 2.99. The van der Waals surface area contributed by atoms with Gasteiger partial charge in [0, 0.05) is 18.7 Å². The molecule has 2 N–H and O–H groups in total. The number of benzene rings is 1. The van der Waals surface area contributed by atoms with E-state index < -0.39 is 16.9 Å². The summed E-state index contributed by atoms with van der Waals surface area (Å²) in [5.74, 6) is 1.40. The van der Waals surface area contributed by atoms with E-state index >= 15 is 0 Å². The van der Waals surface area contributed by atoms with Crippen LogP contribution in [0.2, 0.25) is 0 Å². The SMILES string of the molecule is C[C@@](O)(Cn1nncc1CCOCn1ccc(=O)[nH]c1=O)c1cccc(OCC2CC2)c1. The van der Waals surface area contributed by atoms with Gasteiger partial charge in [-0.1, -0.05) is 17.3 Å². The Labute approximate surface area is 184 Å². The standard InChI is InChI=1S/C22H27N5O5/c1-22(30,17-3-2-4-19(11-17)32-13-16-5-6-16)14-27-18(12-23-25-27)8-10-31-15-26-9-7-20(28)24-21(26)29/h2-4,7,9,11-12,16,30H,5-6,8,10,13-15H2,1H3,(H,24,28,29)/t22-/m1/s1. The van der Waals surface area contributed by atoms with Gasteiger partial charge in [-0.3, -0.25) is 14.3 Å². The molecule has 1 aromatic carbocycles. The van der Waals surface area contributed by atoms with Gasteiger partial charge in [-0.2, -0.15) is 0 Å². The maximum atomic E-state index is 11.7. The molecule has 0 radical (unpaired) electrons. The lowest BCUT2D eigenvalue weighted by molar-refractivity contribution is 0.0318. The first-order valence-corrected chi connectivity index (χ1v) is 10.6. The van der Waals surface area contributed by atoms with E-state index in [0.717, 1.165) is 17.0 Å². The first kappa shape index (κ1) is 22.0. The minimum atomic E-state index is -1.18. The molecule has 1 fully saturated rings. The number of rotatable bonds is 11. The number of hydrogen-bond acceptors (Lipinski definition) is 7. The molecular weight excluding hydrogens is 414 g/mol. The van der Waals surface area contributed by atoms with Crippen LogP contribution < -0.4 is 16.0 Å². The Bertz CT molecular complexity index is 1160. The first-order valence-electron chi connectivity index (χ1n) is 10.6. The molecule has 0 aliphatic heterocycles. The van der Waals surface area contributed by atoms with Crippen LogP contribution in [0.5, 0.6) is 5.75 Å². The third kappa shape index (κ3) is 5.71. The smallest absolute Gasteiger partial charge is 0.330 e. The Morgan fingerprint density at radius 3 is 2.91 bits per heavy atom. The fraction of sp³-hybridized carbons (Fsp3) is 0.455. The average Bonchev–Trinajstić information content (AvgIpc) is 3.50. The number of nitrogens with zero attached hydrogens (tertiary/aromatic N) is 4. The Hall–Kier alpha value is -3.24. The highest BCUT2D eigenvalue weighted by atomic mass is 16.5. The van der Waals surface area contributed by atoms with Gasteiger partial charge in [0.25, 0.3) is 5.56 Å². The summed E-state index contributed by atoms with van der Waals surface area (Å²) < 4.78 is 14.3. The molecule has 2 heterocycles. The molecule has 10 heteroatoms. The van der Waals surface area contributed by atoms with E-state index in [4.69, 9.17) is 9.47 Å². The lowest BCUT2D eigenvalue weighted by Gasteiger charge is -2.25. The van der Waals surface area contributed by atoms with Crippen LogP contribution in [-0.2, 0) is 30.0 Å². The zero-order chi connectivity index (χ0) is 22.6. The first-order chi connectivity index (χ1) is 15.4. The molecular formula is C22H27N5O5. The van der Waals surface area contributed by atoms with Gasteiger partial charge in [0.05, 0.1) is 31.6 Å². The largest absolute Gasteiger partial charge is 0.493 e. The third-order valence-electron chi connectivity index (χ3n) is 5.42. The number of hydrogen-bond donors (Lipinski definition) is 2. The molecule has 32 heavy (non-hydrogen) atoms. The Morgan fingerprint density at radius 1 is 1.28 bits per heavy atom. The zero-order valence-electron chi connectivity index (χ0n) is 17.9. The average molecular weight is 441 g/mol. The van der Waals surface area contributed by atoms with Crippen molar-refractivity contribution < 1.29 is 14.6 Å². The van der Waals surface area contributed by atoms with Crippen LogP contribution in [0.15, 0.2) is 52.3 Å². The number of H-pyrrole nitrogens is 1. The topological polar surface area (TPSA) is 124 Å². The molecule has 0 amide bonds. The second-order valence-corrected chi connectivity index (χ2v) is 8.31. The molecule has 1 aliphatic carbocycles. The van der Waals surface area contributed by atoms with Crippen molar-refractivity contribution in [3.05, 3.63) is 74.8 Å². The van der Waals surface area contributed by atoms with E-state index in [0.29, 0.717) is 25.6 Å². The van der Waals surface area contributed by atoms with Crippen LogP contribution in [0.25, 0.3) is 0 Å². The van der Waals surface area contributed by atoms with Crippen LogP contribution >= 0.6 is 0 Å².